The number of fused-ring (bicyclic) bond motifs is 1. The molecule has 0 bridgehead atoms. The molecule has 0 aliphatic carbocycles. The van der Waals surface area contributed by atoms with Crippen molar-refractivity contribution in [2.24, 2.45) is 0 Å². The number of rotatable bonds is 26. The first-order valence-electron chi connectivity index (χ1n) is 19.9. The zero-order chi connectivity index (χ0) is 47.6. The Bertz CT molecular complexity index is 2440. The highest BCUT2D eigenvalue weighted by Crippen LogP contribution is 2.52. The molecule has 0 spiro atoms. The van der Waals surface area contributed by atoms with Crippen LogP contribution in [0.2, 0.25) is 0 Å². The topological polar surface area (TPSA) is 350 Å². The lowest BCUT2D eigenvalue weighted by Gasteiger charge is -2.24. The normalized spacial score (nSPS) is 12.5. The second-order valence-corrected chi connectivity index (χ2v) is 16.3. The number of urea groups is 1. The van der Waals surface area contributed by atoms with Crippen molar-refractivity contribution in [2.45, 2.75) is 59.2 Å². The molecule has 0 fully saturated rings. The molecular formula is C38H49N9O16P2. The summed E-state index contributed by atoms with van der Waals surface area (Å²) in [5, 5.41) is 19.6. The van der Waals surface area contributed by atoms with Crippen LogP contribution >= 0.6 is 15.6 Å². The third kappa shape index (κ3) is 16.1. The van der Waals surface area contributed by atoms with Crippen molar-refractivity contribution in [3.05, 3.63) is 81.9 Å². The van der Waals surface area contributed by atoms with Crippen LogP contribution in [0.1, 0.15) is 66.9 Å². The number of imide groups is 1. The van der Waals surface area contributed by atoms with Gasteiger partial charge in [0.25, 0.3) is 11.5 Å². The summed E-state index contributed by atoms with van der Waals surface area (Å²) in [7, 11) is -8.33. The van der Waals surface area contributed by atoms with E-state index in [1.54, 1.807) is 26.0 Å². The Morgan fingerprint density at radius 1 is 0.846 bits per heavy atom. The number of nitrogen functional groups attached to an aromatic ring is 1. The van der Waals surface area contributed by atoms with Gasteiger partial charge in [-0.05, 0) is 70.5 Å². The fourth-order valence-corrected chi connectivity index (χ4v) is 7.95. The summed E-state index contributed by atoms with van der Waals surface area (Å²) >= 11 is 0. The van der Waals surface area contributed by atoms with Gasteiger partial charge < -0.3 is 31.5 Å². The molecule has 4 aromatic rings. The lowest BCUT2D eigenvalue weighted by atomic mass is 10.1. The van der Waals surface area contributed by atoms with Gasteiger partial charge in [0.2, 0.25) is 11.9 Å². The molecule has 0 saturated heterocycles. The van der Waals surface area contributed by atoms with Gasteiger partial charge in [-0.15, -0.1) is 0 Å². The number of anilines is 3. The molecule has 0 aliphatic rings. The van der Waals surface area contributed by atoms with E-state index in [0.29, 0.717) is 11.4 Å². The molecule has 1 unspecified atom stereocenters. The summed E-state index contributed by atoms with van der Waals surface area (Å²) < 4.78 is 62.9. The smallest absolute Gasteiger partial charge is 0.475 e. The molecule has 2 atom stereocenters. The van der Waals surface area contributed by atoms with Crippen LogP contribution in [-0.2, 0) is 57.1 Å². The lowest BCUT2D eigenvalue weighted by Crippen LogP contribution is -2.42. The first kappa shape index (κ1) is 51.5. The van der Waals surface area contributed by atoms with Crippen LogP contribution in [0.25, 0.3) is 11.2 Å². The van der Waals surface area contributed by atoms with Gasteiger partial charge in [-0.25, -0.2) is 33.5 Å². The van der Waals surface area contributed by atoms with Gasteiger partial charge in [-0.2, -0.15) is 4.98 Å². The molecular weight excluding hydrogens is 900 g/mol. The van der Waals surface area contributed by atoms with Gasteiger partial charge in [-0.3, -0.25) is 51.8 Å². The van der Waals surface area contributed by atoms with Crippen LogP contribution in [0, 0.1) is 0 Å². The summed E-state index contributed by atoms with van der Waals surface area (Å²) in [4.78, 5) is 90.5. The minimum absolute atomic E-state index is 0.00708. The zero-order valence-corrected chi connectivity index (χ0v) is 37.4. The number of esters is 1. The van der Waals surface area contributed by atoms with Crippen LogP contribution in [0.3, 0.4) is 0 Å². The van der Waals surface area contributed by atoms with Gasteiger partial charge in [0.15, 0.2) is 11.2 Å². The highest BCUT2D eigenvalue weighted by Gasteiger charge is 2.34. The van der Waals surface area contributed by atoms with Gasteiger partial charge in [0.1, 0.15) is 18.8 Å². The number of carbonyl (C=O) groups excluding carboxylic acids is 4. The second kappa shape index (κ2) is 24.8. The van der Waals surface area contributed by atoms with Gasteiger partial charge in [0.05, 0.1) is 62.7 Å². The number of phosphoric ester groups is 2. The number of benzene rings is 2. The third-order valence-electron chi connectivity index (χ3n) is 8.26. The maximum absolute atomic E-state index is 13.3. The first-order chi connectivity index (χ1) is 31.0. The standard InChI is InChI=1S/C38H49N9O16P2/c1-5-58-64(55,59-6-2)62-22-26(63-65(56,60-7-3)61-8-4)21-57-36(53)27-11-9-10-12-28(27)44-38(54)45-30(48)18-17-29(35(51)52)43-33(49)23-13-15-24(16-14-23)40-19-25-20-41-32-31(42-25)34(50)47-37(39)46-32/h9-16,20,26,29,40H,5-8,17-19,21-22H2,1-4H3,(H,43,49)(H,51,52)(H2,44,45,48,54)(H3,39,41,46,47,50)/t26?,29-/m1/s1. The number of phosphoric acid groups is 2. The molecule has 0 saturated carbocycles. The number of aromatic nitrogens is 4. The molecule has 352 valence electrons. The van der Waals surface area contributed by atoms with E-state index < -0.39 is 89.2 Å². The molecule has 0 radical (unpaired) electrons. The second-order valence-electron chi connectivity index (χ2n) is 13.1. The van der Waals surface area contributed by atoms with Crippen molar-refractivity contribution in [2.75, 3.05) is 56.0 Å². The SMILES string of the molecule is CCOP(=O)(OCC)OCC(COC(=O)c1ccccc1NC(=O)NC(=O)CC[C@@H](NC(=O)c1ccc(NCc2cnc3nc(N)[nH]c(=O)c3n2)cc1)C(=O)O)OP(=O)(OCC)OCC. The predicted molar refractivity (Wildman–Crippen MR) is 231 cm³/mol. The molecule has 4 amide bonds. The van der Waals surface area contributed by atoms with Gasteiger partial charge in [0, 0.05) is 17.7 Å². The quantitative estimate of drug-likeness (QED) is 0.0343. The van der Waals surface area contributed by atoms with Gasteiger partial charge in [-0.1, -0.05) is 12.1 Å². The van der Waals surface area contributed by atoms with Crippen molar-refractivity contribution < 1.29 is 70.1 Å². The van der Waals surface area contributed by atoms with E-state index in [1.807, 2.05) is 5.32 Å². The number of nitrogens with two attached hydrogens (primary N) is 1. The molecule has 27 heteroatoms. The van der Waals surface area contributed by atoms with Gasteiger partial charge >= 0.3 is 33.6 Å². The molecule has 25 nitrogen and oxygen atoms in total. The van der Waals surface area contributed by atoms with Crippen LogP contribution in [-0.4, -0.2) is 107 Å². The predicted octanol–water partition coefficient (Wildman–Crippen LogP) is 4.14. The largest absolute Gasteiger partial charge is 0.480 e. The summed E-state index contributed by atoms with van der Waals surface area (Å²) in [5.41, 5.74) is 5.85. The number of hydrogen-bond acceptors (Lipinski definition) is 20. The van der Waals surface area contributed by atoms with E-state index in [1.165, 1.54) is 56.4 Å². The monoisotopic (exact) mass is 949 g/mol. The number of hydrogen-bond donors (Lipinski definition) is 7. The fraction of sp³-hybridized carbons (Fsp3) is 0.395. The average Bonchev–Trinajstić information content (AvgIpc) is 3.25. The maximum Gasteiger partial charge on any atom is 0.475 e. The number of carbonyl (C=O) groups is 5. The summed E-state index contributed by atoms with van der Waals surface area (Å²) in [5.74, 6) is -4.22. The molecule has 4 rings (SSSR count). The number of amides is 4. The lowest BCUT2D eigenvalue weighted by molar-refractivity contribution is -0.139. The Labute approximate surface area is 371 Å². The van der Waals surface area contributed by atoms with Crippen molar-refractivity contribution in [3.8, 4) is 0 Å². The summed E-state index contributed by atoms with van der Waals surface area (Å²) in [6.07, 6.45) is -0.904. The molecule has 2 aromatic heterocycles. The Balaban J connectivity index is 1.30. The van der Waals surface area contributed by atoms with Crippen molar-refractivity contribution >= 4 is 73.9 Å². The van der Waals surface area contributed by atoms with E-state index in [-0.39, 0.29) is 66.9 Å². The minimum Gasteiger partial charge on any atom is -0.480 e. The number of nitrogens with one attached hydrogen (secondary N) is 5. The maximum atomic E-state index is 13.3. The first-order valence-corrected chi connectivity index (χ1v) is 22.8. The van der Waals surface area contributed by atoms with Crippen molar-refractivity contribution in [1.29, 1.82) is 0 Å². The average molecular weight is 950 g/mol. The zero-order valence-electron chi connectivity index (χ0n) is 35.6. The molecule has 2 aromatic carbocycles. The number of nitrogens with zero attached hydrogens (tertiary/aromatic N) is 3. The highest BCUT2D eigenvalue weighted by atomic mass is 31.2. The number of para-hydroxylation sites is 1. The molecule has 2 heterocycles. The third-order valence-corrected chi connectivity index (χ3v) is 11.6. The van der Waals surface area contributed by atoms with E-state index in [9.17, 15) is 43.0 Å². The number of carboxylic acids is 1. The van der Waals surface area contributed by atoms with Crippen molar-refractivity contribution in [3.63, 3.8) is 0 Å². The van der Waals surface area contributed by atoms with E-state index in [0.717, 1.165) is 0 Å². The molecule has 65 heavy (non-hydrogen) atoms. The summed E-state index contributed by atoms with van der Waals surface area (Å²) in [6.45, 7) is 4.83. The number of aromatic amines is 1. The number of carboxylic acid groups (broad SMARTS) is 1. The Hall–Kier alpha value is -6.17. The van der Waals surface area contributed by atoms with Crippen LogP contribution in [0.15, 0.2) is 59.5 Å². The van der Waals surface area contributed by atoms with E-state index >= 15 is 0 Å². The van der Waals surface area contributed by atoms with E-state index in [2.05, 4.69) is 35.9 Å². The Morgan fingerprint density at radius 3 is 2.14 bits per heavy atom. The number of H-pyrrole nitrogens is 1. The fourth-order valence-electron chi connectivity index (χ4n) is 5.43. The van der Waals surface area contributed by atoms with E-state index in [4.69, 9.17) is 37.6 Å². The Morgan fingerprint density at radius 2 is 1.49 bits per heavy atom. The highest BCUT2D eigenvalue weighted by molar-refractivity contribution is 7.48. The Kier molecular flexibility index (Phi) is 19.6. The van der Waals surface area contributed by atoms with Crippen LogP contribution in [0.4, 0.5) is 22.1 Å². The number of aliphatic carboxylic acids is 1. The molecule has 8 N–H and O–H groups in total. The van der Waals surface area contributed by atoms with Crippen LogP contribution < -0.4 is 32.6 Å². The summed E-state index contributed by atoms with van der Waals surface area (Å²) in [6, 6.07) is 8.90. The van der Waals surface area contributed by atoms with Crippen LogP contribution in [0.5, 0.6) is 0 Å². The van der Waals surface area contributed by atoms with Crippen molar-refractivity contribution in [1.82, 2.24) is 30.6 Å². The minimum atomic E-state index is -4.23. The molecule has 0 aliphatic heterocycles. The number of ether oxygens (including phenoxy) is 1.